The number of hydrogen-bond acceptors (Lipinski definition) is 3. The Labute approximate surface area is 191 Å². The van der Waals surface area contributed by atoms with E-state index >= 15 is 0 Å². The molecule has 30 heavy (non-hydrogen) atoms. The van der Waals surface area contributed by atoms with Gasteiger partial charge in [-0.25, -0.2) is 0 Å². The van der Waals surface area contributed by atoms with Crippen molar-refractivity contribution in [2.75, 3.05) is 11.1 Å². The number of nitrogens with one attached hydrogen (secondary N) is 1. The van der Waals surface area contributed by atoms with Crippen molar-refractivity contribution in [1.82, 2.24) is 4.90 Å². The van der Waals surface area contributed by atoms with E-state index in [1.54, 1.807) is 0 Å². The molecule has 0 spiro atoms. The lowest BCUT2D eigenvalue weighted by Gasteiger charge is -2.27. The van der Waals surface area contributed by atoms with E-state index in [4.69, 9.17) is 4.99 Å². The molecule has 4 rings (SSSR count). The summed E-state index contributed by atoms with van der Waals surface area (Å²) in [7, 11) is 0. The molecule has 158 valence electrons. The lowest BCUT2D eigenvalue weighted by Crippen LogP contribution is -2.37. The van der Waals surface area contributed by atoms with Gasteiger partial charge in [-0.1, -0.05) is 77.3 Å². The molecule has 1 amide bonds. The van der Waals surface area contributed by atoms with Crippen LogP contribution in [0.1, 0.15) is 44.1 Å². The molecular weight excluding hydrogens is 458 g/mol. The summed E-state index contributed by atoms with van der Waals surface area (Å²) >= 11 is 5.25. The standard InChI is InChI=1S/C24H28BrN3OS/c25-19-11-13-21(14-12-19)26-23(29)15-22-17-30-24(27-20-9-5-2-6-10-20)28(22)16-18-7-3-1-4-8-18/h1,3-4,7-8,11-14,20,22H,2,5-6,9-10,15-17H2,(H,26,29). The Balaban J connectivity index is 1.46. The first kappa shape index (κ1) is 21.4. The molecule has 2 fully saturated rings. The van der Waals surface area contributed by atoms with E-state index in [1.165, 1.54) is 37.7 Å². The van der Waals surface area contributed by atoms with Crippen LogP contribution in [0.4, 0.5) is 5.69 Å². The summed E-state index contributed by atoms with van der Waals surface area (Å²) in [4.78, 5) is 20.2. The zero-order valence-electron chi connectivity index (χ0n) is 17.1. The van der Waals surface area contributed by atoms with Crippen LogP contribution in [0.3, 0.4) is 0 Å². The van der Waals surface area contributed by atoms with Crippen molar-refractivity contribution >= 4 is 44.5 Å². The third-order valence-corrected chi connectivity index (χ3v) is 7.38. The van der Waals surface area contributed by atoms with Crippen molar-refractivity contribution in [3.05, 3.63) is 64.6 Å². The highest BCUT2D eigenvalue weighted by Gasteiger charge is 2.32. The Kier molecular flexibility index (Phi) is 7.50. The van der Waals surface area contributed by atoms with Crippen LogP contribution in [0, 0.1) is 0 Å². The van der Waals surface area contributed by atoms with Gasteiger partial charge in [-0.15, -0.1) is 0 Å². The van der Waals surface area contributed by atoms with E-state index in [2.05, 4.69) is 50.4 Å². The van der Waals surface area contributed by atoms with Gasteiger partial charge in [0.2, 0.25) is 5.91 Å². The first-order valence-electron chi connectivity index (χ1n) is 10.7. The lowest BCUT2D eigenvalue weighted by molar-refractivity contribution is -0.116. The highest BCUT2D eigenvalue weighted by atomic mass is 79.9. The Morgan fingerprint density at radius 3 is 2.53 bits per heavy atom. The number of amides is 1. The van der Waals surface area contributed by atoms with Crippen LogP contribution in [0.15, 0.2) is 64.1 Å². The number of rotatable bonds is 6. The van der Waals surface area contributed by atoms with Crippen LogP contribution >= 0.6 is 27.7 Å². The number of halogens is 1. The van der Waals surface area contributed by atoms with Crippen LogP contribution in [0.25, 0.3) is 0 Å². The van der Waals surface area contributed by atoms with Crippen LogP contribution < -0.4 is 5.32 Å². The summed E-state index contributed by atoms with van der Waals surface area (Å²) in [6.45, 7) is 0.801. The van der Waals surface area contributed by atoms with Gasteiger partial charge in [0.05, 0.1) is 6.04 Å². The van der Waals surface area contributed by atoms with Gasteiger partial charge in [0.25, 0.3) is 0 Å². The SMILES string of the molecule is O=C(CC1CSC(=NC2CCCCC2)N1Cc1ccccc1)Nc1ccc(Br)cc1. The summed E-state index contributed by atoms with van der Waals surface area (Å²) in [6.07, 6.45) is 6.75. The maximum Gasteiger partial charge on any atom is 0.226 e. The zero-order chi connectivity index (χ0) is 20.8. The predicted molar refractivity (Wildman–Crippen MR) is 130 cm³/mol. The number of hydrogen-bond donors (Lipinski definition) is 1. The van der Waals surface area contributed by atoms with Crippen molar-refractivity contribution in [3.8, 4) is 0 Å². The fourth-order valence-corrected chi connectivity index (χ4v) is 5.59. The van der Waals surface area contributed by atoms with Crippen LogP contribution in [0.2, 0.25) is 0 Å². The second-order valence-electron chi connectivity index (χ2n) is 8.04. The molecule has 2 aromatic carbocycles. The average Bonchev–Trinajstić information content (AvgIpc) is 3.12. The number of carbonyl (C=O) groups is 1. The van der Waals surface area contributed by atoms with E-state index in [9.17, 15) is 4.79 Å². The predicted octanol–water partition coefficient (Wildman–Crippen LogP) is 6.08. The lowest BCUT2D eigenvalue weighted by atomic mass is 9.96. The molecule has 1 atom stereocenters. The Morgan fingerprint density at radius 2 is 1.80 bits per heavy atom. The third kappa shape index (κ3) is 5.88. The van der Waals surface area contributed by atoms with Crippen LogP contribution in [-0.4, -0.2) is 33.8 Å². The fourth-order valence-electron chi connectivity index (χ4n) is 4.08. The third-order valence-electron chi connectivity index (χ3n) is 5.70. The molecule has 0 aromatic heterocycles. The Hall–Kier alpha value is -1.79. The van der Waals surface area contributed by atoms with Crippen molar-refractivity contribution in [2.24, 2.45) is 4.99 Å². The molecule has 1 saturated carbocycles. The molecule has 6 heteroatoms. The fraction of sp³-hybridized carbons (Fsp3) is 0.417. The maximum atomic E-state index is 12.7. The van der Waals surface area contributed by atoms with E-state index in [-0.39, 0.29) is 11.9 Å². The van der Waals surface area contributed by atoms with Crippen molar-refractivity contribution in [2.45, 2.75) is 57.2 Å². The Morgan fingerprint density at radius 1 is 1.07 bits per heavy atom. The second kappa shape index (κ2) is 10.5. The number of anilines is 1. The normalized spacial score (nSPS) is 21.2. The van der Waals surface area contributed by atoms with Gasteiger partial charge in [-0.3, -0.25) is 9.79 Å². The van der Waals surface area contributed by atoms with Gasteiger partial charge in [-0.2, -0.15) is 0 Å². The molecule has 1 unspecified atom stereocenters. The van der Waals surface area contributed by atoms with Crippen LogP contribution in [-0.2, 0) is 11.3 Å². The maximum absolute atomic E-state index is 12.7. The summed E-state index contributed by atoms with van der Waals surface area (Å²) in [5.74, 6) is 0.964. The number of thioether (sulfide) groups is 1. The minimum atomic E-state index is 0.0555. The molecule has 1 aliphatic heterocycles. The highest BCUT2D eigenvalue weighted by molar-refractivity contribution is 9.10. The molecule has 0 radical (unpaired) electrons. The topological polar surface area (TPSA) is 44.7 Å². The van der Waals surface area contributed by atoms with E-state index < -0.39 is 0 Å². The van der Waals surface area contributed by atoms with E-state index in [0.29, 0.717) is 12.5 Å². The molecular formula is C24H28BrN3OS. The van der Waals surface area contributed by atoms with Gasteiger partial charge < -0.3 is 10.2 Å². The number of nitrogens with zero attached hydrogens (tertiary/aromatic N) is 2. The van der Waals surface area contributed by atoms with Gasteiger partial charge in [-0.05, 0) is 42.7 Å². The van der Waals surface area contributed by atoms with Crippen molar-refractivity contribution in [3.63, 3.8) is 0 Å². The van der Waals surface area contributed by atoms with E-state index in [1.807, 2.05) is 42.1 Å². The van der Waals surface area contributed by atoms with Crippen LogP contribution in [0.5, 0.6) is 0 Å². The number of benzene rings is 2. The molecule has 1 saturated heterocycles. The quantitative estimate of drug-likeness (QED) is 0.538. The zero-order valence-corrected chi connectivity index (χ0v) is 19.5. The monoisotopic (exact) mass is 485 g/mol. The number of amidine groups is 1. The first-order chi connectivity index (χ1) is 14.7. The van der Waals surface area contributed by atoms with Crippen molar-refractivity contribution in [1.29, 1.82) is 0 Å². The second-order valence-corrected chi connectivity index (χ2v) is 9.94. The molecule has 2 aliphatic rings. The van der Waals surface area contributed by atoms with E-state index in [0.717, 1.165) is 27.6 Å². The molecule has 1 N–H and O–H groups in total. The van der Waals surface area contributed by atoms with Gasteiger partial charge in [0.15, 0.2) is 5.17 Å². The molecule has 0 bridgehead atoms. The molecule has 2 aromatic rings. The van der Waals surface area contributed by atoms with Gasteiger partial charge in [0, 0.05) is 34.9 Å². The summed E-state index contributed by atoms with van der Waals surface area (Å²) in [5, 5.41) is 4.16. The molecule has 1 aliphatic carbocycles. The summed E-state index contributed by atoms with van der Waals surface area (Å²) < 4.78 is 1.00. The number of aliphatic imine (C=N–C) groups is 1. The number of carbonyl (C=O) groups excluding carboxylic acids is 1. The average molecular weight is 486 g/mol. The molecule has 4 nitrogen and oxygen atoms in total. The highest BCUT2D eigenvalue weighted by Crippen LogP contribution is 2.31. The summed E-state index contributed by atoms with van der Waals surface area (Å²) in [6, 6.07) is 18.8. The smallest absolute Gasteiger partial charge is 0.226 e. The van der Waals surface area contributed by atoms with Gasteiger partial charge >= 0.3 is 0 Å². The van der Waals surface area contributed by atoms with Gasteiger partial charge in [0.1, 0.15) is 0 Å². The molecule has 1 heterocycles. The largest absolute Gasteiger partial charge is 0.343 e. The summed E-state index contributed by atoms with van der Waals surface area (Å²) in [5.41, 5.74) is 2.09. The first-order valence-corrected chi connectivity index (χ1v) is 12.5. The van der Waals surface area contributed by atoms with Crippen molar-refractivity contribution < 1.29 is 4.79 Å². The minimum Gasteiger partial charge on any atom is -0.343 e. The Bertz CT molecular complexity index is 866. The minimum absolute atomic E-state index is 0.0555.